The first-order chi connectivity index (χ1) is 6.50. The minimum absolute atomic E-state index is 0.381. The Balaban J connectivity index is 2.58. The van der Waals surface area contributed by atoms with E-state index in [1.165, 1.54) is 12.8 Å². The summed E-state index contributed by atoms with van der Waals surface area (Å²) in [5.41, 5.74) is 5.99. The maximum Gasteiger partial charge on any atom is 0.0112 e. The van der Waals surface area contributed by atoms with E-state index in [0.717, 1.165) is 29.7 Å². The van der Waals surface area contributed by atoms with Crippen molar-refractivity contribution in [3.63, 3.8) is 0 Å². The van der Waals surface area contributed by atoms with Crippen LogP contribution in [0.4, 0.5) is 0 Å². The minimum atomic E-state index is 0.381. The van der Waals surface area contributed by atoms with Crippen LogP contribution in [0.5, 0.6) is 0 Å². The van der Waals surface area contributed by atoms with E-state index in [0.29, 0.717) is 12.0 Å². The largest absolute Gasteiger partial charge is 0.328 e. The van der Waals surface area contributed by atoms with E-state index >= 15 is 0 Å². The lowest BCUT2D eigenvalue weighted by atomic mass is 9.71. The fraction of sp³-hybridized carbons (Fsp3) is 0.833. The van der Waals surface area contributed by atoms with E-state index < -0.39 is 0 Å². The molecule has 0 radical (unpaired) electrons. The lowest BCUT2D eigenvalue weighted by Gasteiger charge is -2.37. The van der Waals surface area contributed by atoms with Gasteiger partial charge in [0, 0.05) is 11.1 Å². The number of nitrogens with two attached hydrogens (primary N) is 1. The molecule has 14 heavy (non-hydrogen) atoms. The van der Waals surface area contributed by atoms with Gasteiger partial charge < -0.3 is 5.73 Å². The maximum atomic E-state index is 5.99. The van der Waals surface area contributed by atoms with Crippen LogP contribution in [0.25, 0.3) is 0 Å². The van der Waals surface area contributed by atoms with Crippen LogP contribution in [0.2, 0.25) is 0 Å². The van der Waals surface area contributed by atoms with Gasteiger partial charge in [0.15, 0.2) is 0 Å². The number of allylic oxidation sites excluding steroid dienone is 1. The molecule has 0 aromatic heterocycles. The Hall–Kier alpha value is -0.0100. The molecule has 1 saturated carbocycles. The van der Waals surface area contributed by atoms with Crippen molar-refractivity contribution in [2.45, 2.75) is 45.6 Å². The molecule has 0 aromatic rings. The smallest absolute Gasteiger partial charge is 0.0112 e. The normalized spacial score (nSPS) is 33.4. The summed E-state index contributed by atoms with van der Waals surface area (Å²) in [5.74, 6) is 2.18. The number of halogens is 1. The summed E-state index contributed by atoms with van der Waals surface area (Å²) < 4.78 is 0. The molecule has 3 unspecified atom stereocenters. The molecule has 0 saturated heterocycles. The third-order valence-electron chi connectivity index (χ3n) is 3.42. The zero-order valence-electron chi connectivity index (χ0n) is 9.30. The van der Waals surface area contributed by atoms with Crippen molar-refractivity contribution in [3.8, 4) is 0 Å². The second-order valence-electron chi connectivity index (χ2n) is 4.96. The molecule has 0 heterocycles. The van der Waals surface area contributed by atoms with E-state index in [9.17, 15) is 0 Å². The van der Waals surface area contributed by atoms with Gasteiger partial charge in [-0.3, -0.25) is 0 Å². The van der Waals surface area contributed by atoms with Gasteiger partial charge in [-0.2, -0.15) is 0 Å². The molecular formula is C12H22ClN. The Bertz CT molecular complexity index is 200. The van der Waals surface area contributed by atoms with Crippen LogP contribution in [0.3, 0.4) is 0 Å². The van der Waals surface area contributed by atoms with E-state index in [1.807, 2.05) is 0 Å². The third kappa shape index (κ3) is 3.29. The summed E-state index contributed by atoms with van der Waals surface area (Å²) in [6.07, 6.45) is 4.49. The lowest BCUT2D eigenvalue weighted by Crippen LogP contribution is -2.35. The Morgan fingerprint density at radius 2 is 2.14 bits per heavy atom. The first kappa shape index (κ1) is 12.1. The van der Waals surface area contributed by atoms with Gasteiger partial charge in [-0.05, 0) is 43.4 Å². The van der Waals surface area contributed by atoms with Crippen LogP contribution in [0, 0.1) is 17.8 Å². The molecule has 82 valence electrons. The van der Waals surface area contributed by atoms with Gasteiger partial charge in [0.25, 0.3) is 0 Å². The summed E-state index contributed by atoms with van der Waals surface area (Å²) in [6.45, 7) is 8.39. The highest BCUT2D eigenvalue weighted by molar-refractivity contribution is 6.29. The summed E-state index contributed by atoms with van der Waals surface area (Å²) >= 11 is 5.89. The van der Waals surface area contributed by atoms with Crippen molar-refractivity contribution >= 4 is 11.6 Å². The predicted molar refractivity (Wildman–Crippen MR) is 63.3 cm³/mol. The fourth-order valence-corrected chi connectivity index (χ4v) is 2.92. The molecule has 0 spiro atoms. The first-order valence-corrected chi connectivity index (χ1v) is 5.97. The number of hydrogen-bond donors (Lipinski definition) is 1. The Kier molecular flexibility index (Phi) is 4.46. The average molecular weight is 216 g/mol. The van der Waals surface area contributed by atoms with Crippen molar-refractivity contribution in [2.75, 3.05) is 0 Å². The average Bonchev–Trinajstić information content (AvgIpc) is 2.01. The summed E-state index contributed by atoms with van der Waals surface area (Å²) in [4.78, 5) is 0. The molecule has 2 N–H and O–H groups in total. The molecule has 2 heteroatoms. The second kappa shape index (κ2) is 5.18. The summed E-state index contributed by atoms with van der Waals surface area (Å²) in [6, 6.07) is 0.381. The highest BCUT2D eigenvalue weighted by Gasteiger charge is 2.30. The van der Waals surface area contributed by atoms with Crippen LogP contribution in [-0.4, -0.2) is 6.04 Å². The van der Waals surface area contributed by atoms with E-state index in [1.54, 1.807) is 0 Å². The highest BCUT2D eigenvalue weighted by Crippen LogP contribution is 2.38. The van der Waals surface area contributed by atoms with Crippen LogP contribution in [0.1, 0.15) is 39.5 Å². The first-order valence-electron chi connectivity index (χ1n) is 5.59. The highest BCUT2D eigenvalue weighted by atomic mass is 35.5. The quantitative estimate of drug-likeness (QED) is 0.766. The molecule has 1 nitrogen and oxygen atoms in total. The van der Waals surface area contributed by atoms with Gasteiger partial charge in [0.1, 0.15) is 0 Å². The molecular weight excluding hydrogens is 194 g/mol. The molecule has 0 bridgehead atoms. The van der Waals surface area contributed by atoms with Crippen molar-refractivity contribution < 1.29 is 0 Å². The Labute approximate surface area is 92.7 Å². The van der Waals surface area contributed by atoms with Crippen molar-refractivity contribution in [3.05, 3.63) is 11.6 Å². The minimum Gasteiger partial charge on any atom is -0.328 e. The number of rotatable bonds is 3. The van der Waals surface area contributed by atoms with Crippen molar-refractivity contribution in [1.29, 1.82) is 0 Å². The van der Waals surface area contributed by atoms with Crippen molar-refractivity contribution in [1.82, 2.24) is 0 Å². The molecule has 3 atom stereocenters. The van der Waals surface area contributed by atoms with E-state index in [-0.39, 0.29) is 0 Å². The topological polar surface area (TPSA) is 26.0 Å². The lowest BCUT2D eigenvalue weighted by molar-refractivity contribution is 0.166. The van der Waals surface area contributed by atoms with Gasteiger partial charge in [0.2, 0.25) is 0 Å². The second-order valence-corrected chi connectivity index (χ2v) is 5.50. The Morgan fingerprint density at radius 3 is 2.64 bits per heavy atom. The molecule has 1 rings (SSSR count). The van der Waals surface area contributed by atoms with Gasteiger partial charge in [-0.1, -0.05) is 32.0 Å². The monoisotopic (exact) mass is 215 g/mol. The standard InChI is InChI=1S/C12H22ClN/c1-8(2)12-5-4-11(14)7-10(12)6-9(3)13/h8,10-12H,3-7,14H2,1-2H3. The predicted octanol–water partition coefficient (Wildman–Crippen LogP) is 3.53. The van der Waals surface area contributed by atoms with Crippen molar-refractivity contribution in [2.24, 2.45) is 23.5 Å². The molecule has 0 amide bonds. The van der Waals surface area contributed by atoms with Crippen LogP contribution in [-0.2, 0) is 0 Å². The molecule has 0 aromatic carbocycles. The molecule has 0 aliphatic heterocycles. The zero-order valence-corrected chi connectivity index (χ0v) is 10.1. The molecule has 1 aliphatic carbocycles. The van der Waals surface area contributed by atoms with E-state index in [2.05, 4.69) is 20.4 Å². The van der Waals surface area contributed by atoms with Gasteiger partial charge in [0.05, 0.1) is 0 Å². The van der Waals surface area contributed by atoms with Crippen LogP contribution in [0.15, 0.2) is 11.6 Å². The third-order valence-corrected chi connectivity index (χ3v) is 3.58. The van der Waals surface area contributed by atoms with E-state index in [4.69, 9.17) is 17.3 Å². The SMILES string of the molecule is C=C(Cl)CC1CC(N)CCC1C(C)C. The summed E-state index contributed by atoms with van der Waals surface area (Å²) in [7, 11) is 0. The zero-order chi connectivity index (χ0) is 10.7. The maximum absolute atomic E-state index is 5.99. The molecule has 1 fully saturated rings. The fourth-order valence-electron chi connectivity index (χ4n) is 2.72. The summed E-state index contributed by atoms with van der Waals surface area (Å²) in [5, 5.41) is 0.787. The number of hydrogen-bond acceptors (Lipinski definition) is 1. The van der Waals surface area contributed by atoms with Crippen LogP contribution >= 0.6 is 11.6 Å². The molecule has 1 aliphatic rings. The van der Waals surface area contributed by atoms with Gasteiger partial charge >= 0.3 is 0 Å². The Morgan fingerprint density at radius 1 is 1.50 bits per heavy atom. The van der Waals surface area contributed by atoms with Crippen LogP contribution < -0.4 is 5.73 Å². The van der Waals surface area contributed by atoms with Gasteiger partial charge in [-0.15, -0.1) is 0 Å². The van der Waals surface area contributed by atoms with Gasteiger partial charge in [-0.25, -0.2) is 0 Å².